The van der Waals surface area contributed by atoms with Crippen molar-refractivity contribution in [2.75, 3.05) is 37.7 Å². The van der Waals surface area contributed by atoms with Gasteiger partial charge in [0.1, 0.15) is 0 Å². The zero-order chi connectivity index (χ0) is 14.1. The van der Waals surface area contributed by atoms with Crippen LogP contribution >= 0.6 is 0 Å². The second-order valence-electron chi connectivity index (χ2n) is 4.91. The third-order valence-corrected chi connectivity index (χ3v) is 3.10. The van der Waals surface area contributed by atoms with Gasteiger partial charge in [0.25, 0.3) is 0 Å². The number of nitrogens with zero attached hydrogens (tertiary/aromatic N) is 4. The quantitative estimate of drug-likeness (QED) is 0.905. The summed E-state index contributed by atoms with van der Waals surface area (Å²) in [4.78, 5) is 7.04. The van der Waals surface area contributed by atoms with Crippen LogP contribution in [0.5, 0.6) is 11.5 Å². The Hall–Kier alpha value is -2.44. The SMILES string of the molecule is CN(C)c1nnc(N(C)Cc2ccc3c(c2)OCO3)[nH]1. The molecule has 0 saturated heterocycles. The average Bonchev–Trinajstić information content (AvgIpc) is 3.07. The predicted molar refractivity (Wildman–Crippen MR) is 75.4 cm³/mol. The minimum absolute atomic E-state index is 0.295. The monoisotopic (exact) mass is 275 g/mol. The van der Waals surface area contributed by atoms with E-state index in [9.17, 15) is 0 Å². The normalized spacial score (nSPS) is 12.6. The Balaban J connectivity index is 1.73. The van der Waals surface area contributed by atoms with Gasteiger partial charge in [-0.15, -0.1) is 10.2 Å². The summed E-state index contributed by atoms with van der Waals surface area (Å²) >= 11 is 0. The Morgan fingerprint density at radius 2 is 1.85 bits per heavy atom. The van der Waals surface area contributed by atoms with Crippen LogP contribution in [0.25, 0.3) is 0 Å². The van der Waals surface area contributed by atoms with Crippen LogP contribution in [0.15, 0.2) is 18.2 Å². The molecule has 106 valence electrons. The van der Waals surface area contributed by atoms with Crippen LogP contribution in [0.4, 0.5) is 11.9 Å². The molecule has 1 aliphatic rings. The fourth-order valence-corrected chi connectivity index (χ4v) is 2.01. The van der Waals surface area contributed by atoms with E-state index in [0.717, 1.165) is 29.0 Å². The van der Waals surface area contributed by atoms with Gasteiger partial charge >= 0.3 is 0 Å². The lowest BCUT2D eigenvalue weighted by Gasteiger charge is -2.15. The summed E-state index contributed by atoms with van der Waals surface area (Å²) in [6, 6.07) is 5.94. The van der Waals surface area contributed by atoms with Crippen LogP contribution in [0.1, 0.15) is 5.56 Å². The summed E-state index contributed by atoms with van der Waals surface area (Å²) < 4.78 is 10.7. The van der Waals surface area contributed by atoms with Crippen molar-refractivity contribution in [3.8, 4) is 11.5 Å². The summed E-state index contributed by atoms with van der Waals surface area (Å²) in [7, 11) is 5.80. The van der Waals surface area contributed by atoms with Gasteiger partial charge in [-0.3, -0.25) is 4.98 Å². The minimum atomic E-state index is 0.295. The number of ether oxygens (including phenoxy) is 2. The van der Waals surface area contributed by atoms with Crippen molar-refractivity contribution in [3.63, 3.8) is 0 Å². The number of aromatic nitrogens is 3. The number of hydrogen-bond donors (Lipinski definition) is 1. The number of nitrogens with one attached hydrogen (secondary N) is 1. The van der Waals surface area contributed by atoms with E-state index in [0.29, 0.717) is 13.3 Å². The van der Waals surface area contributed by atoms with E-state index >= 15 is 0 Å². The predicted octanol–water partition coefficient (Wildman–Crippen LogP) is 1.24. The van der Waals surface area contributed by atoms with Crippen molar-refractivity contribution in [1.82, 2.24) is 15.2 Å². The lowest BCUT2D eigenvalue weighted by atomic mass is 10.2. The van der Waals surface area contributed by atoms with E-state index in [1.165, 1.54) is 0 Å². The van der Waals surface area contributed by atoms with Crippen LogP contribution in [-0.4, -0.2) is 43.1 Å². The van der Waals surface area contributed by atoms with Crippen LogP contribution in [0.2, 0.25) is 0 Å². The molecule has 2 aromatic rings. The highest BCUT2D eigenvalue weighted by Crippen LogP contribution is 2.32. The van der Waals surface area contributed by atoms with E-state index in [1.54, 1.807) is 0 Å². The summed E-state index contributed by atoms with van der Waals surface area (Å²) in [6.07, 6.45) is 0. The molecule has 0 atom stereocenters. The van der Waals surface area contributed by atoms with Crippen molar-refractivity contribution in [2.45, 2.75) is 6.54 Å². The van der Waals surface area contributed by atoms with Gasteiger partial charge in [-0.25, -0.2) is 0 Å². The maximum atomic E-state index is 5.38. The van der Waals surface area contributed by atoms with Gasteiger partial charge in [0.15, 0.2) is 11.5 Å². The van der Waals surface area contributed by atoms with Crippen LogP contribution < -0.4 is 19.3 Å². The third-order valence-electron chi connectivity index (χ3n) is 3.10. The van der Waals surface area contributed by atoms with Crippen molar-refractivity contribution < 1.29 is 9.47 Å². The average molecular weight is 275 g/mol. The van der Waals surface area contributed by atoms with Gasteiger partial charge in [-0.05, 0) is 17.7 Å². The summed E-state index contributed by atoms with van der Waals surface area (Å²) in [5.74, 6) is 3.05. The second kappa shape index (κ2) is 4.92. The molecule has 0 amide bonds. The lowest BCUT2D eigenvalue weighted by molar-refractivity contribution is 0.174. The lowest BCUT2D eigenvalue weighted by Crippen LogP contribution is -2.18. The van der Waals surface area contributed by atoms with E-state index < -0.39 is 0 Å². The van der Waals surface area contributed by atoms with Gasteiger partial charge < -0.3 is 19.3 Å². The maximum Gasteiger partial charge on any atom is 0.231 e. The van der Waals surface area contributed by atoms with E-state index in [2.05, 4.69) is 15.2 Å². The Morgan fingerprint density at radius 3 is 2.60 bits per heavy atom. The van der Waals surface area contributed by atoms with Crippen LogP contribution in [-0.2, 0) is 6.54 Å². The summed E-state index contributed by atoms with van der Waals surface area (Å²) in [6.45, 7) is 1.00. The number of rotatable bonds is 4. The molecular weight excluding hydrogens is 258 g/mol. The third kappa shape index (κ3) is 2.34. The molecule has 0 saturated carbocycles. The maximum absolute atomic E-state index is 5.38. The van der Waals surface area contributed by atoms with Crippen LogP contribution in [0, 0.1) is 0 Å². The van der Waals surface area contributed by atoms with Crippen molar-refractivity contribution in [1.29, 1.82) is 0 Å². The largest absolute Gasteiger partial charge is 0.454 e. The molecule has 0 fully saturated rings. The van der Waals surface area contributed by atoms with Gasteiger partial charge in [-0.2, -0.15) is 0 Å². The van der Waals surface area contributed by atoms with Gasteiger partial charge in [0.2, 0.25) is 18.7 Å². The Morgan fingerprint density at radius 1 is 1.10 bits per heavy atom. The van der Waals surface area contributed by atoms with E-state index in [1.807, 2.05) is 49.1 Å². The Labute approximate surface area is 117 Å². The summed E-state index contributed by atoms with van der Waals surface area (Å²) in [5.41, 5.74) is 1.12. The molecule has 3 rings (SSSR count). The highest BCUT2D eigenvalue weighted by atomic mass is 16.7. The van der Waals surface area contributed by atoms with Crippen molar-refractivity contribution in [2.24, 2.45) is 0 Å². The molecule has 1 aromatic carbocycles. The smallest absolute Gasteiger partial charge is 0.231 e. The molecule has 0 radical (unpaired) electrons. The molecular formula is C13H17N5O2. The fraction of sp³-hybridized carbons (Fsp3) is 0.385. The molecule has 0 aliphatic carbocycles. The summed E-state index contributed by atoms with van der Waals surface area (Å²) in [5, 5.41) is 8.20. The number of H-pyrrole nitrogens is 1. The topological polar surface area (TPSA) is 66.5 Å². The highest BCUT2D eigenvalue weighted by molar-refractivity contribution is 5.46. The standard InChI is InChI=1S/C13H17N5O2/c1-17(2)12-14-13(16-15-12)18(3)7-9-4-5-10-11(6-9)20-8-19-10/h4-6H,7-8H2,1-3H3,(H,14,15,16). The molecule has 2 heterocycles. The first-order valence-electron chi connectivity index (χ1n) is 6.33. The molecule has 0 spiro atoms. The highest BCUT2D eigenvalue weighted by Gasteiger charge is 2.15. The first-order chi connectivity index (χ1) is 9.63. The number of fused-ring (bicyclic) bond motifs is 1. The molecule has 1 N–H and O–H groups in total. The molecule has 7 nitrogen and oxygen atoms in total. The first kappa shape index (κ1) is 12.6. The van der Waals surface area contributed by atoms with Crippen LogP contribution in [0.3, 0.4) is 0 Å². The van der Waals surface area contributed by atoms with Gasteiger partial charge in [-0.1, -0.05) is 6.07 Å². The molecule has 7 heteroatoms. The molecule has 1 aromatic heterocycles. The van der Waals surface area contributed by atoms with Crippen molar-refractivity contribution in [3.05, 3.63) is 23.8 Å². The first-order valence-corrected chi connectivity index (χ1v) is 6.33. The Kier molecular flexibility index (Phi) is 3.09. The Bertz CT molecular complexity index is 611. The zero-order valence-electron chi connectivity index (χ0n) is 11.8. The number of aromatic amines is 1. The fourth-order valence-electron chi connectivity index (χ4n) is 2.01. The van der Waals surface area contributed by atoms with E-state index in [-0.39, 0.29) is 0 Å². The molecule has 0 unspecified atom stereocenters. The minimum Gasteiger partial charge on any atom is -0.454 e. The number of hydrogen-bond acceptors (Lipinski definition) is 6. The second-order valence-corrected chi connectivity index (χ2v) is 4.91. The molecule has 20 heavy (non-hydrogen) atoms. The molecule has 1 aliphatic heterocycles. The molecule has 0 bridgehead atoms. The van der Waals surface area contributed by atoms with Gasteiger partial charge in [0, 0.05) is 27.7 Å². The zero-order valence-corrected chi connectivity index (χ0v) is 11.8. The van der Waals surface area contributed by atoms with Gasteiger partial charge in [0.05, 0.1) is 0 Å². The number of anilines is 2. The van der Waals surface area contributed by atoms with E-state index in [4.69, 9.17) is 9.47 Å². The number of benzene rings is 1. The van der Waals surface area contributed by atoms with Crippen molar-refractivity contribution >= 4 is 11.9 Å².